The van der Waals surface area contributed by atoms with Crippen LogP contribution in [0.15, 0.2) is 42.5 Å². The highest BCUT2D eigenvalue weighted by Crippen LogP contribution is 2.24. The molecule has 0 aliphatic heterocycles. The second kappa shape index (κ2) is 4.26. The van der Waals surface area contributed by atoms with Crippen LogP contribution in [0.5, 0.6) is 0 Å². The van der Waals surface area contributed by atoms with Crippen LogP contribution in [0.2, 0.25) is 0 Å². The van der Waals surface area contributed by atoms with Crippen molar-refractivity contribution in [2.75, 3.05) is 0 Å². The molecule has 3 heteroatoms. The zero-order valence-electron chi connectivity index (χ0n) is 10.1. The Morgan fingerprint density at radius 2 is 2.00 bits per heavy atom. The summed E-state index contributed by atoms with van der Waals surface area (Å²) >= 11 is 0. The summed E-state index contributed by atoms with van der Waals surface area (Å²) in [6, 6.07) is 12.7. The molecule has 1 N–H and O–H groups in total. The lowest BCUT2D eigenvalue weighted by Crippen LogP contribution is -1.88. The Balaban J connectivity index is 2.19. The van der Waals surface area contributed by atoms with Crippen LogP contribution in [0.4, 0.5) is 4.39 Å². The fraction of sp³-hybridized carbons (Fsp3) is 0.133. The van der Waals surface area contributed by atoms with Crippen molar-refractivity contribution >= 4 is 11.0 Å². The van der Waals surface area contributed by atoms with Crippen molar-refractivity contribution in [3.05, 3.63) is 53.8 Å². The number of rotatable bonds is 2. The molecule has 3 rings (SSSR count). The van der Waals surface area contributed by atoms with E-state index in [9.17, 15) is 4.39 Å². The van der Waals surface area contributed by atoms with Gasteiger partial charge in [0.1, 0.15) is 11.6 Å². The normalized spacial score (nSPS) is 11.0. The number of benzene rings is 2. The highest BCUT2D eigenvalue weighted by Gasteiger charge is 2.08. The van der Waals surface area contributed by atoms with Gasteiger partial charge in [-0.1, -0.05) is 31.2 Å². The molecule has 0 unspecified atom stereocenters. The molecular formula is C15H13FN2. The fourth-order valence-electron chi connectivity index (χ4n) is 2.17. The Kier molecular flexibility index (Phi) is 2.59. The second-order valence-corrected chi connectivity index (χ2v) is 4.26. The predicted molar refractivity (Wildman–Crippen MR) is 70.9 cm³/mol. The molecule has 1 heterocycles. The molecule has 3 aromatic rings. The number of aromatic nitrogens is 2. The van der Waals surface area contributed by atoms with E-state index in [2.05, 4.69) is 23.0 Å². The first-order valence-corrected chi connectivity index (χ1v) is 6.01. The van der Waals surface area contributed by atoms with Gasteiger partial charge in [-0.05, 0) is 30.2 Å². The fourth-order valence-corrected chi connectivity index (χ4v) is 2.17. The van der Waals surface area contributed by atoms with E-state index in [4.69, 9.17) is 0 Å². The van der Waals surface area contributed by atoms with Crippen molar-refractivity contribution in [2.45, 2.75) is 13.3 Å². The molecule has 0 bridgehead atoms. The van der Waals surface area contributed by atoms with Crippen molar-refractivity contribution in [3.63, 3.8) is 0 Å². The smallest absolute Gasteiger partial charge is 0.138 e. The number of hydrogen-bond acceptors (Lipinski definition) is 1. The first kappa shape index (κ1) is 11.0. The molecular weight excluding hydrogens is 227 g/mol. The zero-order valence-corrected chi connectivity index (χ0v) is 10.1. The predicted octanol–water partition coefficient (Wildman–Crippen LogP) is 3.93. The molecule has 90 valence electrons. The number of nitrogens with zero attached hydrogens (tertiary/aromatic N) is 1. The lowest BCUT2D eigenvalue weighted by atomic mass is 10.1. The Hall–Kier alpha value is -2.16. The minimum atomic E-state index is -0.249. The van der Waals surface area contributed by atoms with Gasteiger partial charge in [-0.15, -0.1) is 0 Å². The first-order valence-electron chi connectivity index (χ1n) is 6.01. The molecule has 0 atom stereocenters. The third-order valence-electron chi connectivity index (χ3n) is 3.10. The summed E-state index contributed by atoms with van der Waals surface area (Å²) in [5.41, 5.74) is 3.84. The Labute approximate surface area is 104 Å². The van der Waals surface area contributed by atoms with E-state index in [0.717, 1.165) is 28.8 Å². The molecule has 0 radical (unpaired) electrons. The minimum absolute atomic E-state index is 0.249. The summed E-state index contributed by atoms with van der Waals surface area (Å²) < 4.78 is 13.1. The largest absolute Gasteiger partial charge is 0.338 e. The lowest BCUT2D eigenvalue weighted by molar-refractivity contribution is 0.629. The van der Waals surface area contributed by atoms with E-state index in [1.807, 2.05) is 18.2 Å². The molecule has 2 aromatic carbocycles. The maximum Gasteiger partial charge on any atom is 0.138 e. The van der Waals surface area contributed by atoms with Crippen LogP contribution in [0.1, 0.15) is 12.5 Å². The van der Waals surface area contributed by atoms with Gasteiger partial charge in [0.05, 0.1) is 11.0 Å². The van der Waals surface area contributed by atoms with Crippen LogP contribution >= 0.6 is 0 Å². The van der Waals surface area contributed by atoms with Crippen molar-refractivity contribution in [2.24, 2.45) is 0 Å². The number of imidazole rings is 1. The molecule has 1 aromatic heterocycles. The highest BCUT2D eigenvalue weighted by molar-refractivity contribution is 5.80. The van der Waals surface area contributed by atoms with Gasteiger partial charge in [-0.2, -0.15) is 0 Å². The second-order valence-electron chi connectivity index (χ2n) is 4.26. The van der Waals surface area contributed by atoms with Gasteiger partial charge in [0.15, 0.2) is 0 Å². The van der Waals surface area contributed by atoms with Crippen molar-refractivity contribution in [1.82, 2.24) is 9.97 Å². The molecule has 0 aliphatic carbocycles. The van der Waals surface area contributed by atoms with Crippen LogP contribution in [0.25, 0.3) is 22.4 Å². The molecule has 0 saturated carbocycles. The van der Waals surface area contributed by atoms with Gasteiger partial charge in [0.25, 0.3) is 0 Å². The number of nitrogens with one attached hydrogen (secondary N) is 1. The minimum Gasteiger partial charge on any atom is -0.338 e. The Morgan fingerprint density at radius 3 is 2.83 bits per heavy atom. The molecule has 0 saturated heterocycles. The standard InChI is InChI=1S/C15H13FN2/c1-2-10-5-3-4-6-12(10)15-17-13-8-7-11(16)9-14(13)18-15/h3-9H,2H2,1H3,(H,17,18). The van der Waals surface area contributed by atoms with Gasteiger partial charge in [0, 0.05) is 5.56 Å². The van der Waals surface area contributed by atoms with Gasteiger partial charge in [0.2, 0.25) is 0 Å². The van der Waals surface area contributed by atoms with Gasteiger partial charge in [-0.25, -0.2) is 9.37 Å². The Morgan fingerprint density at radius 1 is 1.17 bits per heavy atom. The van der Waals surface area contributed by atoms with E-state index < -0.39 is 0 Å². The van der Waals surface area contributed by atoms with E-state index in [-0.39, 0.29) is 5.82 Å². The number of aromatic amines is 1. The van der Waals surface area contributed by atoms with E-state index in [1.165, 1.54) is 17.7 Å². The third kappa shape index (κ3) is 1.78. The van der Waals surface area contributed by atoms with E-state index in [1.54, 1.807) is 6.07 Å². The zero-order chi connectivity index (χ0) is 12.5. The summed E-state index contributed by atoms with van der Waals surface area (Å²) in [4.78, 5) is 7.69. The molecule has 0 aliphatic rings. The van der Waals surface area contributed by atoms with E-state index in [0.29, 0.717) is 0 Å². The molecule has 18 heavy (non-hydrogen) atoms. The average molecular weight is 240 g/mol. The van der Waals surface area contributed by atoms with Crippen LogP contribution in [-0.4, -0.2) is 9.97 Å². The van der Waals surface area contributed by atoms with Crippen molar-refractivity contribution in [1.29, 1.82) is 0 Å². The van der Waals surface area contributed by atoms with Gasteiger partial charge in [-0.3, -0.25) is 0 Å². The monoisotopic (exact) mass is 240 g/mol. The van der Waals surface area contributed by atoms with Crippen molar-refractivity contribution < 1.29 is 4.39 Å². The van der Waals surface area contributed by atoms with Crippen LogP contribution in [0.3, 0.4) is 0 Å². The third-order valence-corrected chi connectivity index (χ3v) is 3.10. The van der Waals surface area contributed by atoms with Crippen molar-refractivity contribution in [3.8, 4) is 11.4 Å². The summed E-state index contributed by atoms with van der Waals surface area (Å²) in [7, 11) is 0. The SMILES string of the molecule is CCc1ccccc1-c1nc2ccc(F)cc2[nH]1. The molecule has 0 fully saturated rings. The quantitative estimate of drug-likeness (QED) is 0.722. The number of aryl methyl sites for hydroxylation is 1. The molecule has 0 spiro atoms. The average Bonchev–Trinajstić information content (AvgIpc) is 2.81. The van der Waals surface area contributed by atoms with Crippen LogP contribution < -0.4 is 0 Å². The Bertz CT molecular complexity index is 701. The van der Waals surface area contributed by atoms with Gasteiger partial charge >= 0.3 is 0 Å². The summed E-state index contributed by atoms with van der Waals surface area (Å²) in [6.45, 7) is 2.11. The van der Waals surface area contributed by atoms with Crippen LogP contribution in [-0.2, 0) is 6.42 Å². The summed E-state index contributed by atoms with van der Waals surface area (Å²) in [6.07, 6.45) is 0.946. The summed E-state index contributed by atoms with van der Waals surface area (Å²) in [5.74, 6) is 0.550. The van der Waals surface area contributed by atoms with Crippen LogP contribution in [0, 0.1) is 5.82 Å². The summed E-state index contributed by atoms with van der Waals surface area (Å²) in [5, 5.41) is 0. The number of hydrogen-bond donors (Lipinski definition) is 1. The maximum absolute atomic E-state index is 13.1. The number of fused-ring (bicyclic) bond motifs is 1. The number of H-pyrrole nitrogens is 1. The first-order chi connectivity index (χ1) is 8.78. The number of halogens is 1. The topological polar surface area (TPSA) is 28.7 Å². The molecule has 2 nitrogen and oxygen atoms in total. The highest BCUT2D eigenvalue weighted by atomic mass is 19.1. The van der Waals surface area contributed by atoms with E-state index >= 15 is 0 Å². The van der Waals surface area contributed by atoms with Gasteiger partial charge < -0.3 is 4.98 Å². The molecule has 0 amide bonds. The maximum atomic E-state index is 13.1. The lowest BCUT2D eigenvalue weighted by Gasteiger charge is -2.03.